The van der Waals surface area contributed by atoms with Gasteiger partial charge >= 0.3 is 5.69 Å². The highest BCUT2D eigenvalue weighted by Gasteiger charge is 2.02. The van der Waals surface area contributed by atoms with Gasteiger partial charge in [-0.05, 0) is 31.0 Å². The van der Waals surface area contributed by atoms with Crippen molar-refractivity contribution in [2.75, 3.05) is 6.54 Å². The van der Waals surface area contributed by atoms with Crippen molar-refractivity contribution in [3.8, 4) is 0 Å². The van der Waals surface area contributed by atoms with Crippen molar-refractivity contribution in [1.82, 2.24) is 9.97 Å². The first kappa shape index (κ1) is 9.02. The largest absolute Gasteiger partial charge is 0.330 e. The summed E-state index contributed by atoms with van der Waals surface area (Å²) in [6, 6.07) is 5.85. The Balaban J connectivity index is 2.47. The number of aromatic amines is 2. The van der Waals surface area contributed by atoms with E-state index >= 15 is 0 Å². The van der Waals surface area contributed by atoms with Crippen molar-refractivity contribution in [3.63, 3.8) is 0 Å². The quantitative estimate of drug-likeness (QED) is 0.669. The number of hydrogen-bond donors (Lipinski definition) is 3. The maximum atomic E-state index is 11.1. The lowest BCUT2D eigenvalue weighted by Crippen LogP contribution is -2.01. The summed E-state index contributed by atoms with van der Waals surface area (Å²) in [7, 11) is 0. The number of benzene rings is 1. The van der Waals surface area contributed by atoms with Gasteiger partial charge in [-0.25, -0.2) is 4.79 Å². The van der Waals surface area contributed by atoms with E-state index in [0.29, 0.717) is 6.54 Å². The fraction of sp³-hybridized carbons (Fsp3) is 0.300. The monoisotopic (exact) mass is 191 g/mol. The van der Waals surface area contributed by atoms with E-state index in [1.54, 1.807) is 0 Å². The molecule has 0 saturated heterocycles. The fourth-order valence-corrected chi connectivity index (χ4v) is 1.62. The van der Waals surface area contributed by atoms with E-state index in [1.165, 1.54) is 0 Å². The molecule has 0 saturated carbocycles. The molecule has 1 aromatic carbocycles. The van der Waals surface area contributed by atoms with Crippen LogP contribution in [0.5, 0.6) is 0 Å². The molecule has 0 amide bonds. The van der Waals surface area contributed by atoms with Gasteiger partial charge in [0.1, 0.15) is 0 Å². The topological polar surface area (TPSA) is 74.7 Å². The Morgan fingerprint density at radius 2 is 2.14 bits per heavy atom. The Kier molecular flexibility index (Phi) is 2.37. The standard InChI is InChI=1S/C10H13N3O/c11-6-2-4-7-3-1-5-8-9(7)13-10(14)12-8/h1,3,5H,2,4,6,11H2,(H2,12,13,14). The van der Waals surface area contributed by atoms with Crippen molar-refractivity contribution in [2.45, 2.75) is 12.8 Å². The lowest BCUT2D eigenvalue weighted by atomic mass is 10.1. The van der Waals surface area contributed by atoms with E-state index in [9.17, 15) is 4.79 Å². The molecule has 1 heterocycles. The van der Waals surface area contributed by atoms with Gasteiger partial charge in [0.25, 0.3) is 0 Å². The normalized spacial score (nSPS) is 10.9. The maximum absolute atomic E-state index is 11.1. The van der Waals surface area contributed by atoms with Gasteiger partial charge in [-0.2, -0.15) is 0 Å². The predicted molar refractivity (Wildman–Crippen MR) is 56.3 cm³/mol. The van der Waals surface area contributed by atoms with Crippen LogP contribution in [0.15, 0.2) is 23.0 Å². The molecule has 0 fully saturated rings. The number of nitrogens with two attached hydrogens (primary N) is 1. The molecule has 0 spiro atoms. The van der Waals surface area contributed by atoms with Crippen molar-refractivity contribution in [3.05, 3.63) is 34.2 Å². The van der Waals surface area contributed by atoms with Crippen LogP contribution >= 0.6 is 0 Å². The smallest absolute Gasteiger partial charge is 0.323 e. The van der Waals surface area contributed by atoms with Gasteiger partial charge in [-0.1, -0.05) is 12.1 Å². The zero-order valence-electron chi connectivity index (χ0n) is 7.84. The molecular formula is C10H13N3O. The second kappa shape index (κ2) is 3.67. The van der Waals surface area contributed by atoms with Crippen molar-refractivity contribution < 1.29 is 0 Å². The van der Waals surface area contributed by atoms with Crippen LogP contribution < -0.4 is 11.4 Å². The molecule has 0 aliphatic carbocycles. The maximum Gasteiger partial charge on any atom is 0.323 e. The first-order chi connectivity index (χ1) is 6.81. The second-order valence-electron chi connectivity index (χ2n) is 3.31. The minimum Gasteiger partial charge on any atom is -0.330 e. The average Bonchev–Trinajstić information content (AvgIpc) is 2.55. The van der Waals surface area contributed by atoms with Gasteiger partial charge in [-0.3, -0.25) is 0 Å². The zero-order chi connectivity index (χ0) is 9.97. The van der Waals surface area contributed by atoms with E-state index in [4.69, 9.17) is 5.73 Å². The third kappa shape index (κ3) is 1.56. The fourth-order valence-electron chi connectivity index (χ4n) is 1.62. The Morgan fingerprint density at radius 3 is 2.93 bits per heavy atom. The molecule has 1 aromatic heterocycles. The number of aryl methyl sites for hydroxylation is 1. The predicted octanol–water partition coefficient (Wildman–Crippen LogP) is 0.747. The molecule has 4 heteroatoms. The highest BCUT2D eigenvalue weighted by molar-refractivity contribution is 5.78. The molecular weight excluding hydrogens is 178 g/mol. The van der Waals surface area contributed by atoms with Crippen LogP contribution in [-0.4, -0.2) is 16.5 Å². The summed E-state index contributed by atoms with van der Waals surface area (Å²) in [6.45, 7) is 0.672. The van der Waals surface area contributed by atoms with Crippen LogP contribution in [0, 0.1) is 0 Å². The van der Waals surface area contributed by atoms with Crippen LogP contribution in [0.4, 0.5) is 0 Å². The zero-order valence-corrected chi connectivity index (χ0v) is 7.84. The molecule has 0 atom stereocenters. The lowest BCUT2D eigenvalue weighted by molar-refractivity contribution is 0.836. The number of para-hydroxylation sites is 1. The molecule has 2 rings (SSSR count). The Bertz CT molecular complexity index is 483. The third-order valence-corrected chi connectivity index (χ3v) is 2.29. The van der Waals surface area contributed by atoms with Crippen molar-refractivity contribution in [1.29, 1.82) is 0 Å². The highest BCUT2D eigenvalue weighted by atomic mass is 16.1. The molecule has 4 N–H and O–H groups in total. The molecule has 0 unspecified atom stereocenters. The van der Waals surface area contributed by atoms with Gasteiger partial charge in [0.15, 0.2) is 0 Å². The Hall–Kier alpha value is -1.55. The third-order valence-electron chi connectivity index (χ3n) is 2.29. The number of aromatic nitrogens is 2. The number of fused-ring (bicyclic) bond motifs is 1. The van der Waals surface area contributed by atoms with Gasteiger partial charge in [-0.15, -0.1) is 0 Å². The molecule has 0 aliphatic rings. The summed E-state index contributed by atoms with van der Waals surface area (Å²) in [5.74, 6) is 0. The van der Waals surface area contributed by atoms with E-state index in [-0.39, 0.29) is 5.69 Å². The molecule has 14 heavy (non-hydrogen) atoms. The average molecular weight is 191 g/mol. The van der Waals surface area contributed by atoms with Crippen LogP contribution in [0.2, 0.25) is 0 Å². The van der Waals surface area contributed by atoms with Crippen LogP contribution in [0.25, 0.3) is 11.0 Å². The van der Waals surface area contributed by atoms with E-state index < -0.39 is 0 Å². The molecule has 74 valence electrons. The molecule has 0 bridgehead atoms. The molecule has 0 radical (unpaired) electrons. The lowest BCUT2D eigenvalue weighted by Gasteiger charge is -2.00. The van der Waals surface area contributed by atoms with E-state index in [1.807, 2.05) is 18.2 Å². The molecule has 2 aromatic rings. The summed E-state index contributed by atoms with van der Waals surface area (Å²) in [6.07, 6.45) is 1.84. The summed E-state index contributed by atoms with van der Waals surface area (Å²) < 4.78 is 0. The minimum atomic E-state index is -0.153. The van der Waals surface area contributed by atoms with Gasteiger partial charge in [0.2, 0.25) is 0 Å². The molecule has 0 aliphatic heterocycles. The Morgan fingerprint density at radius 1 is 1.29 bits per heavy atom. The number of imidazole rings is 1. The van der Waals surface area contributed by atoms with Gasteiger partial charge in [0, 0.05) is 0 Å². The SMILES string of the molecule is NCCCc1cccc2[nH]c(=O)[nH]c12. The summed E-state index contributed by atoms with van der Waals surface area (Å²) in [4.78, 5) is 16.6. The van der Waals surface area contributed by atoms with Gasteiger partial charge < -0.3 is 15.7 Å². The number of H-pyrrole nitrogens is 2. The van der Waals surface area contributed by atoms with E-state index in [2.05, 4.69) is 9.97 Å². The van der Waals surface area contributed by atoms with E-state index in [0.717, 1.165) is 29.4 Å². The second-order valence-corrected chi connectivity index (χ2v) is 3.31. The number of rotatable bonds is 3. The summed E-state index contributed by atoms with van der Waals surface area (Å²) in [5.41, 5.74) is 8.21. The number of nitrogens with one attached hydrogen (secondary N) is 2. The van der Waals surface area contributed by atoms with Gasteiger partial charge in [0.05, 0.1) is 11.0 Å². The Labute approximate surface area is 81.1 Å². The van der Waals surface area contributed by atoms with Crippen LogP contribution in [0.1, 0.15) is 12.0 Å². The minimum absolute atomic E-state index is 0.153. The van der Waals surface area contributed by atoms with Crippen LogP contribution in [0.3, 0.4) is 0 Å². The first-order valence-electron chi connectivity index (χ1n) is 4.71. The molecule has 4 nitrogen and oxygen atoms in total. The first-order valence-corrected chi connectivity index (χ1v) is 4.71. The van der Waals surface area contributed by atoms with Crippen molar-refractivity contribution in [2.24, 2.45) is 5.73 Å². The highest BCUT2D eigenvalue weighted by Crippen LogP contribution is 2.14. The number of hydrogen-bond acceptors (Lipinski definition) is 2. The summed E-state index contributed by atoms with van der Waals surface area (Å²) in [5, 5.41) is 0. The van der Waals surface area contributed by atoms with Crippen LogP contribution in [-0.2, 0) is 6.42 Å². The summed E-state index contributed by atoms with van der Waals surface area (Å²) >= 11 is 0. The van der Waals surface area contributed by atoms with Crippen molar-refractivity contribution >= 4 is 11.0 Å².